The normalized spacial score (nSPS) is 10.8. The molecule has 0 bridgehead atoms. The molecule has 106 valence electrons. The van der Waals surface area contributed by atoms with E-state index in [2.05, 4.69) is 15.0 Å². The highest BCUT2D eigenvalue weighted by atomic mass is 35.5. The summed E-state index contributed by atoms with van der Waals surface area (Å²) in [6.07, 6.45) is 4.26. The summed E-state index contributed by atoms with van der Waals surface area (Å²) in [7, 11) is 0. The number of aromatic amines is 1. The van der Waals surface area contributed by atoms with Crippen molar-refractivity contribution in [3.63, 3.8) is 0 Å². The molecule has 0 radical (unpaired) electrons. The Bertz CT molecular complexity index is 746. The van der Waals surface area contributed by atoms with Crippen LogP contribution in [0.25, 0.3) is 11.3 Å². The third-order valence-electron chi connectivity index (χ3n) is 3.25. The summed E-state index contributed by atoms with van der Waals surface area (Å²) in [5.41, 5.74) is 3.68. The zero-order valence-corrected chi connectivity index (χ0v) is 12.9. The molecule has 21 heavy (non-hydrogen) atoms. The van der Waals surface area contributed by atoms with Gasteiger partial charge in [-0.15, -0.1) is 0 Å². The Morgan fingerprint density at radius 1 is 1.05 bits per heavy atom. The molecule has 3 nitrogen and oxygen atoms in total. The van der Waals surface area contributed by atoms with Crippen LogP contribution < -0.4 is 0 Å². The third-order valence-corrected chi connectivity index (χ3v) is 3.88. The zero-order chi connectivity index (χ0) is 14.8. The topological polar surface area (TPSA) is 41.6 Å². The summed E-state index contributed by atoms with van der Waals surface area (Å²) in [5.74, 6) is 0.879. The minimum absolute atomic E-state index is 0.604. The lowest BCUT2D eigenvalue weighted by atomic mass is 10.1. The van der Waals surface area contributed by atoms with Gasteiger partial charge in [0.05, 0.1) is 15.7 Å². The van der Waals surface area contributed by atoms with Gasteiger partial charge < -0.3 is 4.98 Å². The van der Waals surface area contributed by atoms with Gasteiger partial charge in [-0.3, -0.25) is 4.98 Å². The second-order valence-corrected chi connectivity index (χ2v) is 5.60. The number of aryl methyl sites for hydroxylation is 1. The Kier molecular flexibility index (Phi) is 3.95. The molecule has 3 rings (SSSR count). The number of pyridine rings is 1. The van der Waals surface area contributed by atoms with Gasteiger partial charge in [0.2, 0.25) is 0 Å². The molecule has 0 aliphatic heterocycles. The molecular weight excluding hydrogens is 305 g/mol. The molecule has 0 saturated carbocycles. The average molecular weight is 318 g/mol. The van der Waals surface area contributed by atoms with Crippen LogP contribution in [0.3, 0.4) is 0 Å². The van der Waals surface area contributed by atoms with Gasteiger partial charge in [-0.25, -0.2) is 4.98 Å². The summed E-state index contributed by atoms with van der Waals surface area (Å²) in [6, 6.07) is 9.41. The van der Waals surface area contributed by atoms with Gasteiger partial charge in [0.15, 0.2) is 0 Å². The number of aromatic nitrogens is 3. The summed E-state index contributed by atoms with van der Waals surface area (Å²) in [5, 5.41) is 1.21. The molecular formula is C16H13Cl2N3. The first kappa shape index (κ1) is 14.1. The van der Waals surface area contributed by atoms with Crippen molar-refractivity contribution in [1.29, 1.82) is 0 Å². The Hall–Kier alpha value is -1.84. The molecule has 0 atom stereocenters. The molecule has 0 aliphatic carbocycles. The summed E-state index contributed by atoms with van der Waals surface area (Å²) < 4.78 is 0. The van der Waals surface area contributed by atoms with E-state index in [1.165, 1.54) is 0 Å². The van der Waals surface area contributed by atoms with Crippen LogP contribution in [0.4, 0.5) is 0 Å². The number of nitrogens with one attached hydrogen (secondary N) is 1. The van der Waals surface area contributed by atoms with Crippen LogP contribution in [0.1, 0.15) is 17.1 Å². The lowest BCUT2D eigenvalue weighted by Gasteiger charge is -2.04. The van der Waals surface area contributed by atoms with Crippen LogP contribution in [0.5, 0.6) is 0 Å². The van der Waals surface area contributed by atoms with Crippen molar-refractivity contribution in [2.45, 2.75) is 13.3 Å². The fraction of sp³-hybridized carbons (Fsp3) is 0.125. The standard InChI is InChI=1S/C16H13Cl2N3/c1-10-16(15-12(17)3-2-4-13(15)18)21-14(20-10)9-11-5-7-19-8-6-11/h2-8H,9H2,1H3,(H,20,21). The molecule has 0 aliphatic rings. The van der Waals surface area contributed by atoms with Gasteiger partial charge >= 0.3 is 0 Å². The number of nitrogens with zero attached hydrogens (tertiary/aromatic N) is 2. The molecule has 0 amide bonds. The largest absolute Gasteiger partial charge is 0.345 e. The van der Waals surface area contributed by atoms with E-state index in [1.807, 2.05) is 37.3 Å². The molecule has 0 spiro atoms. The van der Waals surface area contributed by atoms with Crippen LogP contribution in [0, 0.1) is 6.92 Å². The SMILES string of the molecule is Cc1[nH]c(Cc2ccncc2)nc1-c1c(Cl)cccc1Cl. The van der Waals surface area contributed by atoms with E-state index in [4.69, 9.17) is 23.2 Å². The van der Waals surface area contributed by atoms with E-state index in [0.717, 1.165) is 28.3 Å². The summed E-state index contributed by atoms with van der Waals surface area (Å²) in [6.45, 7) is 1.97. The molecule has 2 aromatic heterocycles. The van der Waals surface area contributed by atoms with Crippen LogP contribution in [-0.2, 0) is 6.42 Å². The predicted molar refractivity (Wildman–Crippen MR) is 85.8 cm³/mol. The molecule has 0 fully saturated rings. The Morgan fingerprint density at radius 3 is 2.38 bits per heavy atom. The number of H-pyrrole nitrogens is 1. The molecule has 5 heteroatoms. The number of halogens is 2. The number of rotatable bonds is 3. The second kappa shape index (κ2) is 5.88. The monoisotopic (exact) mass is 317 g/mol. The van der Waals surface area contributed by atoms with Crippen molar-refractivity contribution >= 4 is 23.2 Å². The third kappa shape index (κ3) is 2.94. The maximum atomic E-state index is 6.26. The first-order chi connectivity index (χ1) is 10.1. The van der Waals surface area contributed by atoms with E-state index in [-0.39, 0.29) is 0 Å². The number of benzene rings is 1. The zero-order valence-electron chi connectivity index (χ0n) is 11.4. The predicted octanol–water partition coefficient (Wildman–Crippen LogP) is 4.68. The smallest absolute Gasteiger partial charge is 0.111 e. The lowest BCUT2D eigenvalue weighted by molar-refractivity contribution is 1.01. The minimum atomic E-state index is 0.604. The molecule has 0 unspecified atom stereocenters. The van der Waals surface area contributed by atoms with Crippen molar-refractivity contribution < 1.29 is 0 Å². The summed E-state index contributed by atoms with van der Waals surface area (Å²) >= 11 is 12.5. The second-order valence-electron chi connectivity index (χ2n) is 4.79. The first-order valence-corrected chi connectivity index (χ1v) is 7.29. The van der Waals surface area contributed by atoms with Crippen molar-refractivity contribution in [3.05, 3.63) is 69.9 Å². The van der Waals surface area contributed by atoms with Gasteiger partial charge in [0.25, 0.3) is 0 Å². The van der Waals surface area contributed by atoms with Crippen LogP contribution in [0.2, 0.25) is 10.0 Å². The van der Waals surface area contributed by atoms with E-state index in [9.17, 15) is 0 Å². The van der Waals surface area contributed by atoms with Crippen molar-refractivity contribution in [2.24, 2.45) is 0 Å². The quantitative estimate of drug-likeness (QED) is 0.762. The number of hydrogen-bond acceptors (Lipinski definition) is 2. The Morgan fingerprint density at radius 2 is 1.71 bits per heavy atom. The molecule has 2 heterocycles. The highest BCUT2D eigenvalue weighted by molar-refractivity contribution is 6.39. The van der Waals surface area contributed by atoms with Crippen molar-refractivity contribution in [1.82, 2.24) is 15.0 Å². The fourth-order valence-electron chi connectivity index (χ4n) is 2.27. The van der Waals surface area contributed by atoms with Crippen molar-refractivity contribution in [2.75, 3.05) is 0 Å². The van der Waals surface area contributed by atoms with Gasteiger partial charge in [-0.2, -0.15) is 0 Å². The maximum absolute atomic E-state index is 6.26. The van der Waals surface area contributed by atoms with Gasteiger partial charge in [0.1, 0.15) is 5.82 Å². The highest BCUT2D eigenvalue weighted by Crippen LogP contribution is 2.35. The maximum Gasteiger partial charge on any atom is 0.111 e. The van der Waals surface area contributed by atoms with Gasteiger partial charge in [0, 0.05) is 30.1 Å². The lowest BCUT2D eigenvalue weighted by Crippen LogP contribution is -1.91. The fourth-order valence-corrected chi connectivity index (χ4v) is 2.84. The summed E-state index contributed by atoms with van der Waals surface area (Å²) in [4.78, 5) is 12.0. The van der Waals surface area contributed by atoms with Crippen molar-refractivity contribution in [3.8, 4) is 11.3 Å². The van der Waals surface area contributed by atoms with Crippen LogP contribution >= 0.6 is 23.2 Å². The molecule has 0 saturated heterocycles. The van der Waals surface area contributed by atoms with Crippen LogP contribution in [-0.4, -0.2) is 15.0 Å². The highest BCUT2D eigenvalue weighted by Gasteiger charge is 2.15. The van der Waals surface area contributed by atoms with E-state index < -0.39 is 0 Å². The van der Waals surface area contributed by atoms with E-state index in [0.29, 0.717) is 16.5 Å². The van der Waals surface area contributed by atoms with Crippen LogP contribution in [0.15, 0.2) is 42.7 Å². The molecule has 3 aromatic rings. The molecule has 1 N–H and O–H groups in total. The van der Waals surface area contributed by atoms with Gasteiger partial charge in [-0.05, 0) is 36.8 Å². The minimum Gasteiger partial charge on any atom is -0.345 e. The number of hydrogen-bond donors (Lipinski definition) is 1. The first-order valence-electron chi connectivity index (χ1n) is 6.54. The van der Waals surface area contributed by atoms with E-state index >= 15 is 0 Å². The Balaban J connectivity index is 1.99. The van der Waals surface area contributed by atoms with Gasteiger partial charge in [-0.1, -0.05) is 29.3 Å². The Labute approximate surface area is 133 Å². The number of imidazole rings is 1. The van der Waals surface area contributed by atoms with E-state index in [1.54, 1.807) is 12.4 Å². The molecule has 1 aromatic carbocycles. The average Bonchev–Trinajstić information content (AvgIpc) is 2.80.